The second kappa shape index (κ2) is 6.21. The lowest BCUT2D eigenvalue weighted by molar-refractivity contribution is 0.417. The number of sulfonamides is 1. The number of hydrogen-bond donors (Lipinski definition) is 1. The highest BCUT2D eigenvalue weighted by molar-refractivity contribution is 9.10. The van der Waals surface area contributed by atoms with Gasteiger partial charge in [-0.15, -0.1) is 0 Å². The molecule has 0 spiro atoms. The normalized spacial score (nSPS) is 11.2. The van der Waals surface area contributed by atoms with Gasteiger partial charge >= 0.3 is 0 Å². The van der Waals surface area contributed by atoms with Crippen LogP contribution in [0.3, 0.4) is 0 Å². The molecule has 8 heteroatoms. The van der Waals surface area contributed by atoms with Gasteiger partial charge in [0.25, 0.3) is 10.0 Å². The Bertz CT molecular complexity index is 783. The van der Waals surface area contributed by atoms with E-state index in [0.717, 1.165) is 18.2 Å². The van der Waals surface area contributed by atoms with Gasteiger partial charge in [0.1, 0.15) is 16.5 Å². The first kappa shape index (κ1) is 16.1. The minimum atomic E-state index is -3.96. The molecule has 21 heavy (non-hydrogen) atoms. The van der Waals surface area contributed by atoms with Gasteiger partial charge in [0, 0.05) is 4.47 Å². The fourth-order valence-electron chi connectivity index (χ4n) is 1.65. The van der Waals surface area contributed by atoms with Gasteiger partial charge in [0.05, 0.1) is 17.8 Å². The van der Waals surface area contributed by atoms with E-state index < -0.39 is 15.8 Å². The van der Waals surface area contributed by atoms with Gasteiger partial charge in [0.15, 0.2) is 0 Å². The fraction of sp³-hybridized carbons (Fsp3) is 0.0769. The Morgan fingerprint density at radius 2 is 1.95 bits per heavy atom. The van der Waals surface area contributed by atoms with Crippen LogP contribution in [-0.4, -0.2) is 15.5 Å². The molecule has 0 radical (unpaired) electrons. The summed E-state index contributed by atoms with van der Waals surface area (Å²) in [4.78, 5) is -0.215. The molecule has 2 aromatic carbocycles. The number of halogens is 3. The van der Waals surface area contributed by atoms with Gasteiger partial charge in [0.2, 0.25) is 0 Å². The summed E-state index contributed by atoms with van der Waals surface area (Å²) in [6, 6.07) is 7.93. The minimum Gasteiger partial charge on any atom is -0.495 e. The summed E-state index contributed by atoms with van der Waals surface area (Å²) in [5.74, 6) is -0.265. The molecule has 112 valence electrons. The quantitative estimate of drug-likeness (QED) is 0.851. The molecule has 0 bridgehead atoms. The Labute approximate surface area is 135 Å². The smallest absolute Gasteiger partial charge is 0.263 e. The number of ether oxygens (including phenoxy) is 1. The topological polar surface area (TPSA) is 55.4 Å². The van der Waals surface area contributed by atoms with Crippen molar-refractivity contribution >= 4 is 43.2 Å². The van der Waals surface area contributed by atoms with E-state index in [9.17, 15) is 12.8 Å². The monoisotopic (exact) mass is 393 g/mol. The maximum atomic E-state index is 13.0. The van der Waals surface area contributed by atoms with Crippen LogP contribution in [0.1, 0.15) is 0 Å². The van der Waals surface area contributed by atoms with Gasteiger partial charge in [-0.1, -0.05) is 27.5 Å². The lowest BCUT2D eigenvalue weighted by Gasteiger charge is -2.13. The van der Waals surface area contributed by atoms with E-state index in [2.05, 4.69) is 20.7 Å². The summed E-state index contributed by atoms with van der Waals surface area (Å²) in [5.41, 5.74) is 0.243. The van der Waals surface area contributed by atoms with Gasteiger partial charge in [-0.05, 0) is 36.4 Å². The third kappa shape index (κ3) is 3.66. The Morgan fingerprint density at radius 3 is 2.57 bits per heavy atom. The van der Waals surface area contributed by atoms with Crippen LogP contribution in [0.2, 0.25) is 5.02 Å². The molecule has 0 unspecified atom stereocenters. The predicted molar refractivity (Wildman–Crippen MR) is 82.9 cm³/mol. The molecular weight excluding hydrogens is 385 g/mol. The third-order valence-corrected chi connectivity index (χ3v) is 4.93. The zero-order valence-corrected chi connectivity index (χ0v) is 13.9. The van der Waals surface area contributed by atoms with Gasteiger partial charge < -0.3 is 4.74 Å². The van der Waals surface area contributed by atoms with E-state index in [-0.39, 0.29) is 15.6 Å². The maximum Gasteiger partial charge on any atom is 0.263 e. The first-order chi connectivity index (χ1) is 9.83. The molecular formula is C13H10BrClFNO3S. The van der Waals surface area contributed by atoms with Crippen LogP contribution in [0.15, 0.2) is 45.8 Å². The molecule has 4 nitrogen and oxygen atoms in total. The third-order valence-electron chi connectivity index (χ3n) is 2.59. The Kier molecular flexibility index (Phi) is 4.75. The molecule has 0 aliphatic carbocycles. The zero-order chi connectivity index (χ0) is 15.6. The first-order valence-electron chi connectivity index (χ1n) is 5.65. The van der Waals surface area contributed by atoms with E-state index in [1.54, 1.807) is 18.2 Å². The van der Waals surface area contributed by atoms with E-state index in [1.807, 2.05) is 0 Å². The van der Waals surface area contributed by atoms with Crippen molar-refractivity contribution in [1.82, 2.24) is 0 Å². The van der Waals surface area contributed by atoms with Crippen LogP contribution in [0.25, 0.3) is 0 Å². The summed E-state index contributed by atoms with van der Waals surface area (Å²) in [6.45, 7) is 0. The van der Waals surface area contributed by atoms with Crippen molar-refractivity contribution in [3.63, 3.8) is 0 Å². The molecule has 0 fully saturated rings. The Hall–Kier alpha value is -1.31. The number of nitrogens with one attached hydrogen (secondary N) is 1. The number of rotatable bonds is 4. The van der Waals surface area contributed by atoms with E-state index >= 15 is 0 Å². The summed E-state index contributed by atoms with van der Waals surface area (Å²) in [6.07, 6.45) is 0. The van der Waals surface area contributed by atoms with Crippen molar-refractivity contribution < 1.29 is 17.5 Å². The van der Waals surface area contributed by atoms with Crippen LogP contribution in [0, 0.1) is 5.82 Å². The molecule has 1 N–H and O–H groups in total. The molecule has 2 aromatic rings. The predicted octanol–water partition coefficient (Wildman–Crippen LogP) is 4.05. The summed E-state index contributed by atoms with van der Waals surface area (Å²) in [7, 11) is -2.54. The number of hydrogen-bond acceptors (Lipinski definition) is 3. The van der Waals surface area contributed by atoms with Crippen molar-refractivity contribution in [2.45, 2.75) is 4.90 Å². The highest BCUT2D eigenvalue weighted by Crippen LogP contribution is 2.31. The molecule has 0 saturated heterocycles. The van der Waals surface area contributed by atoms with Gasteiger partial charge in [-0.3, -0.25) is 4.72 Å². The highest BCUT2D eigenvalue weighted by atomic mass is 79.9. The lowest BCUT2D eigenvalue weighted by Crippen LogP contribution is -2.14. The second-order valence-corrected chi connectivity index (χ2v) is 7.00. The molecule has 0 amide bonds. The molecule has 2 rings (SSSR count). The maximum absolute atomic E-state index is 13.0. The molecule has 0 aliphatic rings. The van der Waals surface area contributed by atoms with E-state index in [4.69, 9.17) is 16.3 Å². The molecule has 0 heterocycles. The fourth-order valence-corrected chi connectivity index (χ4v) is 3.61. The van der Waals surface area contributed by atoms with Crippen molar-refractivity contribution in [3.05, 3.63) is 51.7 Å². The standard InChI is InChI=1S/C13H10BrClFNO3S/c1-20-12-4-2-8(14)6-11(12)17-21(18,19)13-5-3-9(16)7-10(13)15/h2-7,17H,1H3. The Balaban J connectivity index is 2.44. The summed E-state index contributed by atoms with van der Waals surface area (Å²) >= 11 is 9.03. The molecule has 0 atom stereocenters. The van der Waals surface area contributed by atoms with Crippen LogP contribution < -0.4 is 9.46 Å². The minimum absolute atomic E-state index is 0.198. The van der Waals surface area contributed by atoms with Crippen LogP contribution in [0.4, 0.5) is 10.1 Å². The number of benzene rings is 2. The van der Waals surface area contributed by atoms with Crippen LogP contribution in [0.5, 0.6) is 5.75 Å². The zero-order valence-electron chi connectivity index (χ0n) is 10.7. The Morgan fingerprint density at radius 1 is 1.24 bits per heavy atom. The second-order valence-electron chi connectivity index (χ2n) is 4.02. The lowest BCUT2D eigenvalue weighted by atomic mass is 10.3. The van der Waals surface area contributed by atoms with E-state index in [0.29, 0.717) is 10.2 Å². The van der Waals surface area contributed by atoms with Crippen LogP contribution in [-0.2, 0) is 10.0 Å². The summed E-state index contributed by atoms with van der Waals surface area (Å²) in [5, 5.41) is -0.198. The molecule has 0 aromatic heterocycles. The summed E-state index contributed by atoms with van der Waals surface area (Å²) < 4.78 is 45.8. The molecule has 0 aliphatic heterocycles. The van der Waals surface area contributed by atoms with Gasteiger partial charge in [-0.25, -0.2) is 12.8 Å². The van der Waals surface area contributed by atoms with Crippen molar-refractivity contribution in [3.8, 4) is 5.75 Å². The SMILES string of the molecule is COc1ccc(Br)cc1NS(=O)(=O)c1ccc(F)cc1Cl. The average molecular weight is 395 g/mol. The number of anilines is 1. The number of methoxy groups -OCH3 is 1. The van der Waals surface area contributed by atoms with Crippen LogP contribution >= 0.6 is 27.5 Å². The highest BCUT2D eigenvalue weighted by Gasteiger charge is 2.20. The largest absolute Gasteiger partial charge is 0.495 e. The molecule has 0 saturated carbocycles. The van der Waals surface area contributed by atoms with Gasteiger partial charge in [-0.2, -0.15) is 0 Å². The first-order valence-corrected chi connectivity index (χ1v) is 8.30. The average Bonchev–Trinajstić information content (AvgIpc) is 2.37. The van der Waals surface area contributed by atoms with Crippen molar-refractivity contribution in [2.75, 3.05) is 11.8 Å². The van der Waals surface area contributed by atoms with Crippen molar-refractivity contribution in [1.29, 1.82) is 0 Å². The van der Waals surface area contributed by atoms with E-state index in [1.165, 1.54) is 7.11 Å². The van der Waals surface area contributed by atoms with Crippen molar-refractivity contribution in [2.24, 2.45) is 0 Å².